The standard InChI is InChI=1S/C11H15NO2S/c1-14-11(13)9-4-2-8(3-5-9)10-12-6-7-15-10/h6-9H,2-5H2,1H3. The van der Waals surface area contributed by atoms with E-state index in [0.717, 1.165) is 25.7 Å². The molecule has 1 aliphatic carbocycles. The van der Waals surface area contributed by atoms with E-state index in [1.807, 2.05) is 11.6 Å². The molecule has 1 aromatic rings. The molecule has 0 N–H and O–H groups in total. The molecule has 1 fully saturated rings. The van der Waals surface area contributed by atoms with Gasteiger partial charge in [-0.05, 0) is 25.7 Å². The van der Waals surface area contributed by atoms with Crippen molar-refractivity contribution < 1.29 is 9.53 Å². The number of carbonyl (C=O) groups is 1. The number of rotatable bonds is 2. The predicted molar refractivity (Wildman–Crippen MR) is 58.8 cm³/mol. The van der Waals surface area contributed by atoms with Crippen LogP contribution in [0.2, 0.25) is 0 Å². The van der Waals surface area contributed by atoms with Crippen LogP contribution in [-0.4, -0.2) is 18.1 Å². The molecule has 1 heterocycles. The fourth-order valence-corrected chi connectivity index (χ4v) is 2.99. The Bertz CT molecular complexity index is 315. The Kier molecular flexibility index (Phi) is 3.36. The van der Waals surface area contributed by atoms with Crippen LogP contribution in [0.15, 0.2) is 11.6 Å². The number of nitrogens with zero attached hydrogens (tertiary/aromatic N) is 1. The van der Waals surface area contributed by atoms with E-state index >= 15 is 0 Å². The van der Waals surface area contributed by atoms with E-state index < -0.39 is 0 Å². The van der Waals surface area contributed by atoms with Crippen LogP contribution in [0.4, 0.5) is 0 Å². The summed E-state index contributed by atoms with van der Waals surface area (Å²) in [5.74, 6) is 0.629. The summed E-state index contributed by atoms with van der Waals surface area (Å²) < 4.78 is 4.76. The van der Waals surface area contributed by atoms with Crippen LogP contribution >= 0.6 is 11.3 Å². The van der Waals surface area contributed by atoms with Gasteiger partial charge in [0.15, 0.2) is 0 Å². The first-order chi connectivity index (χ1) is 7.31. The molecule has 4 heteroatoms. The van der Waals surface area contributed by atoms with Crippen LogP contribution in [-0.2, 0) is 9.53 Å². The third-order valence-electron chi connectivity index (χ3n) is 3.06. The maximum Gasteiger partial charge on any atom is 0.308 e. The second kappa shape index (κ2) is 4.75. The summed E-state index contributed by atoms with van der Waals surface area (Å²) in [5.41, 5.74) is 0. The number of thiazole rings is 1. The molecule has 0 aliphatic heterocycles. The minimum atomic E-state index is -0.0485. The summed E-state index contributed by atoms with van der Waals surface area (Å²) in [6, 6.07) is 0. The van der Waals surface area contributed by atoms with Crippen LogP contribution in [0.3, 0.4) is 0 Å². The van der Waals surface area contributed by atoms with Gasteiger partial charge in [-0.25, -0.2) is 4.98 Å². The Morgan fingerprint density at radius 2 is 2.20 bits per heavy atom. The van der Waals surface area contributed by atoms with E-state index in [-0.39, 0.29) is 11.9 Å². The molecule has 1 aliphatic rings. The molecule has 0 spiro atoms. The highest BCUT2D eigenvalue weighted by atomic mass is 32.1. The van der Waals surface area contributed by atoms with Gasteiger partial charge >= 0.3 is 5.97 Å². The molecule has 0 amide bonds. The fourth-order valence-electron chi connectivity index (χ4n) is 2.18. The van der Waals surface area contributed by atoms with Crippen molar-refractivity contribution in [2.45, 2.75) is 31.6 Å². The number of esters is 1. The maximum absolute atomic E-state index is 11.3. The van der Waals surface area contributed by atoms with Crippen molar-refractivity contribution in [3.63, 3.8) is 0 Å². The third kappa shape index (κ3) is 2.37. The van der Waals surface area contributed by atoms with Crippen LogP contribution in [0.1, 0.15) is 36.6 Å². The van der Waals surface area contributed by atoms with Crippen LogP contribution < -0.4 is 0 Å². The summed E-state index contributed by atoms with van der Waals surface area (Å²) in [4.78, 5) is 15.7. The molecule has 2 rings (SSSR count). The largest absolute Gasteiger partial charge is 0.469 e. The first kappa shape index (κ1) is 10.6. The Morgan fingerprint density at radius 3 is 2.73 bits per heavy atom. The Morgan fingerprint density at radius 1 is 1.47 bits per heavy atom. The molecular weight excluding hydrogens is 210 g/mol. The van der Waals surface area contributed by atoms with Gasteiger partial charge in [-0.3, -0.25) is 4.79 Å². The molecule has 0 bridgehead atoms. The highest BCUT2D eigenvalue weighted by Gasteiger charge is 2.28. The Labute approximate surface area is 93.5 Å². The van der Waals surface area contributed by atoms with Gasteiger partial charge in [-0.15, -0.1) is 11.3 Å². The van der Waals surface area contributed by atoms with Gasteiger partial charge in [-0.2, -0.15) is 0 Å². The molecule has 82 valence electrons. The zero-order valence-electron chi connectivity index (χ0n) is 8.81. The lowest BCUT2D eigenvalue weighted by Gasteiger charge is -2.25. The van der Waals surface area contributed by atoms with E-state index in [1.165, 1.54) is 12.1 Å². The van der Waals surface area contributed by atoms with Crippen molar-refractivity contribution in [2.75, 3.05) is 7.11 Å². The highest BCUT2D eigenvalue weighted by molar-refractivity contribution is 7.09. The summed E-state index contributed by atoms with van der Waals surface area (Å²) in [6.45, 7) is 0. The maximum atomic E-state index is 11.3. The normalized spacial score (nSPS) is 26.2. The van der Waals surface area contributed by atoms with Gasteiger partial charge in [0.25, 0.3) is 0 Å². The number of hydrogen-bond acceptors (Lipinski definition) is 4. The molecule has 0 atom stereocenters. The first-order valence-corrected chi connectivity index (χ1v) is 6.16. The van der Waals surface area contributed by atoms with Gasteiger partial charge in [-0.1, -0.05) is 0 Å². The van der Waals surface area contributed by atoms with Crippen LogP contribution in [0, 0.1) is 5.92 Å². The zero-order valence-corrected chi connectivity index (χ0v) is 9.63. The highest BCUT2D eigenvalue weighted by Crippen LogP contribution is 2.36. The van der Waals surface area contributed by atoms with E-state index in [2.05, 4.69) is 4.98 Å². The van der Waals surface area contributed by atoms with Gasteiger partial charge in [0.2, 0.25) is 0 Å². The summed E-state index contributed by atoms with van der Waals surface area (Å²) in [5, 5.41) is 3.24. The Balaban J connectivity index is 1.90. The number of methoxy groups -OCH3 is 1. The topological polar surface area (TPSA) is 39.2 Å². The van der Waals surface area contributed by atoms with Crippen molar-refractivity contribution in [2.24, 2.45) is 5.92 Å². The molecule has 1 aromatic heterocycles. The number of carbonyl (C=O) groups excluding carboxylic acids is 1. The van der Waals surface area contributed by atoms with E-state index in [4.69, 9.17) is 4.74 Å². The average Bonchev–Trinajstić information content (AvgIpc) is 2.82. The second-order valence-corrected chi connectivity index (χ2v) is 4.87. The van der Waals surface area contributed by atoms with Gasteiger partial charge in [0.1, 0.15) is 0 Å². The second-order valence-electron chi connectivity index (χ2n) is 3.94. The number of aromatic nitrogens is 1. The van der Waals surface area contributed by atoms with E-state index in [9.17, 15) is 4.79 Å². The minimum Gasteiger partial charge on any atom is -0.469 e. The molecule has 0 saturated heterocycles. The van der Waals surface area contributed by atoms with E-state index in [0.29, 0.717) is 5.92 Å². The number of ether oxygens (including phenoxy) is 1. The van der Waals surface area contributed by atoms with Gasteiger partial charge in [0.05, 0.1) is 18.0 Å². The third-order valence-corrected chi connectivity index (χ3v) is 4.00. The summed E-state index contributed by atoms with van der Waals surface area (Å²) >= 11 is 1.72. The van der Waals surface area contributed by atoms with E-state index in [1.54, 1.807) is 11.3 Å². The quantitative estimate of drug-likeness (QED) is 0.726. The predicted octanol–water partition coefficient (Wildman–Crippen LogP) is 2.59. The lowest BCUT2D eigenvalue weighted by molar-refractivity contribution is -0.146. The molecule has 1 saturated carbocycles. The molecule has 15 heavy (non-hydrogen) atoms. The van der Waals surface area contributed by atoms with Crippen molar-refractivity contribution in [3.05, 3.63) is 16.6 Å². The zero-order chi connectivity index (χ0) is 10.7. The first-order valence-electron chi connectivity index (χ1n) is 5.28. The van der Waals surface area contributed by atoms with Gasteiger partial charge in [0, 0.05) is 17.5 Å². The molecular formula is C11H15NO2S. The molecule has 0 radical (unpaired) electrons. The van der Waals surface area contributed by atoms with Crippen molar-refractivity contribution in [1.82, 2.24) is 4.98 Å². The van der Waals surface area contributed by atoms with Crippen molar-refractivity contribution >= 4 is 17.3 Å². The van der Waals surface area contributed by atoms with Crippen LogP contribution in [0.25, 0.3) is 0 Å². The number of hydrogen-bond donors (Lipinski definition) is 0. The van der Waals surface area contributed by atoms with Crippen molar-refractivity contribution in [3.8, 4) is 0 Å². The molecule has 0 unspecified atom stereocenters. The SMILES string of the molecule is COC(=O)C1CCC(c2nccs2)CC1. The summed E-state index contributed by atoms with van der Waals surface area (Å²) in [7, 11) is 1.47. The Hall–Kier alpha value is -0.900. The van der Waals surface area contributed by atoms with Crippen LogP contribution in [0.5, 0.6) is 0 Å². The monoisotopic (exact) mass is 225 g/mol. The summed E-state index contributed by atoms with van der Waals surface area (Å²) in [6.07, 6.45) is 5.86. The average molecular weight is 225 g/mol. The van der Waals surface area contributed by atoms with Crippen molar-refractivity contribution in [1.29, 1.82) is 0 Å². The fraction of sp³-hybridized carbons (Fsp3) is 0.636. The lowest BCUT2D eigenvalue weighted by Crippen LogP contribution is -2.22. The van der Waals surface area contributed by atoms with Gasteiger partial charge < -0.3 is 4.74 Å². The molecule has 0 aromatic carbocycles. The smallest absolute Gasteiger partial charge is 0.308 e. The lowest BCUT2D eigenvalue weighted by atomic mass is 9.82. The minimum absolute atomic E-state index is 0.0485. The molecule has 3 nitrogen and oxygen atoms in total.